The minimum absolute atomic E-state index is 0.278. The number of aromatic nitrogens is 4. The van der Waals surface area contributed by atoms with Gasteiger partial charge in [-0.1, -0.05) is 23.2 Å². The third kappa shape index (κ3) is 2.28. The molecule has 1 atom stereocenters. The monoisotopic (exact) mass is 297 g/mol. The first-order valence-electron chi connectivity index (χ1n) is 6.10. The predicted molar refractivity (Wildman–Crippen MR) is 75.1 cm³/mol. The van der Waals surface area contributed by atoms with Crippen LogP contribution in [0.4, 0.5) is 5.69 Å². The average molecular weight is 298 g/mol. The van der Waals surface area contributed by atoms with Crippen molar-refractivity contribution in [2.24, 2.45) is 5.92 Å². The molecule has 1 aromatic heterocycles. The number of rotatable bonds is 3. The number of benzene rings is 1. The van der Waals surface area contributed by atoms with Crippen molar-refractivity contribution in [1.82, 2.24) is 20.2 Å². The molecule has 0 spiro atoms. The molecule has 0 bridgehead atoms. The van der Waals surface area contributed by atoms with Crippen molar-refractivity contribution in [3.63, 3.8) is 0 Å². The minimum Gasteiger partial charge on any atom is -0.397 e. The van der Waals surface area contributed by atoms with Crippen LogP contribution < -0.4 is 5.73 Å². The molecular formula is C12H13Cl2N5. The molecular weight excluding hydrogens is 285 g/mol. The second kappa shape index (κ2) is 4.65. The van der Waals surface area contributed by atoms with Gasteiger partial charge in [0.2, 0.25) is 0 Å². The van der Waals surface area contributed by atoms with Gasteiger partial charge in [0.1, 0.15) is 0 Å². The summed E-state index contributed by atoms with van der Waals surface area (Å²) in [5.74, 6) is 1.33. The van der Waals surface area contributed by atoms with Gasteiger partial charge in [-0.05, 0) is 48.2 Å². The number of halogens is 2. The number of hydrogen-bond acceptors (Lipinski definition) is 4. The highest BCUT2D eigenvalue weighted by molar-refractivity contribution is 6.43. The lowest BCUT2D eigenvalue weighted by atomic mass is 10.1. The van der Waals surface area contributed by atoms with E-state index < -0.39 is 0 Å². The third-order valence-corrected chi connectivity index (χ3v) is 4.31. The normalized spacial score (nSPS) is 16.6. The molecule has 1 aliphatic rings. The van der Waals surface area contributed by atoms with Crippen molar-refractivity contribution in [2.75, 3.05) is 5.73 Å². The molecule has 1 aromatic carbocycles. The van der Waals surface area contributed by atoms with Crippen LogP contribution in [0, 0.1) is 5.92 Å². The van der Waals surface area contributed by atoms with Crippen molar-refractivity contribution in [2.45, 2.75) is 25.8 Å². The molecule has 1 aliphatic carbocycles. The first-order chi connectivity index (χ1) is 9.08. The summed E-state index contributed by atoms with van der Waals surface area (Å²) in [5.41, 5.74) is 7.04. The zero-order valence-corrected chi connectivity index (χ0v) is 11.9. The van der Waals surface area contributed by atoms with E-state index in [1.54, 1.807) is 12.1 Å². The molecule has 0 saturated heterocycles. The van der Waals surface area contributed by atoms with Crippen molar-refractivity contribution < 1.29 is 0 Å². The van der Waals surface area contributed by atoms with Crippen LogP contribution in [-0.4, -0.2) is 20.2 Å². The summed E-state index contributed by atoms with van der Waals surface area (Å²) >= 11 is 12.0. The maximum Gasteiger partial charge on any atom is 0.182 e. The van der Waals surface area contributed by atoms with E-state index in [0.717, 1.165) is 5.56 Å². The van der Waals surface area contributed by atoms with Crippen LogP contribution in [0.2, 0.25) is 10.0 Å². The number of nitrogens with zero attached hydrogens (tertiary/aromatic N) is 4. The molecule has 1 saturated carbocycles. The summed E-state index contributed by atoms with van der Waals surface area (Å²) in [5, 5.41) is 12.7. The molecule has 0 radical (unpaired) electrons. The van der Waals surface area contributed by atoms with Crippen LogP contribution in [0.15, 0.2) is 12.1 Å². The van der Waals surface area contributed by atoms with Gasteiger partial charge in [-0.15, -0.1) is 5.10 Å². The fourth-order valence-electron chi connectivity index (χ4n) is 2.18. The maximum atomic E-state index is 6.05. The Morgan fingerprint density at radius 2 is 2.11 bits per heavy atom. The summed E-state index contributed by atoms with van der Waals surface area (Å²) in [6.07, 6.45) is 2.45. The van der Waals surface area contributed by atoms with Gasteiger partial charge in [0, 0.05) is 5.56 Å². The van der Waals surface area contributed by atoms with Crippen molar-refractivity contribution in [3.05, 3.63) is 22.2 Å². The molecule has 2 N–H and O–H groups in total. The van der Waals surface area contributed by atoms with Crippen LogP contribution in [0.25, 0.3) is 11.4 Å². The van der Waals surface area contributed by atoms with E-state index in [4.69, 9.17) is 28.9 Å². The zero-order valence-electron chi connectivity index (χ0n) is 10.3. The Bertz CT molecular complexity index is 597. The van der Waals surface area contributed by atoms with E-state index in [1.807, 2.05) is 4.68 Å². The summed E-state index contributed by atoms with van der Waals surface area (Å²) in [7, 11) is 0. The molecule has 7 heteroatoms. The summed E-state index contributed by atoms with van der Waals surface area (Å²) in [6, 6.07) is 3.76. The van der Waals surface area contributed by atoms with E-state index in [9.17, 15) is 0 Å². The summed E-state index contributed by atoms with van der Waals surface area (Å²) in [4.78, 5) is 0. The molecule has 1 fully saturated rings. The van der Waals surface area contributed by atoms with Gasteiger partial charge in [-0.3, -0.25) is 0 Å². The Hall–Kier alpha value is -1.33. The first-order valence-corrected chi connectivity index (χ1v) is 6.86. The van der Waals surface area contributed by atoms with Gasteiger partial charge < -0.3 is 5.73 Å². The fourth-order valence-corrected chi connectivity index (χ4v) is 2.51. The van der Waals surface area contributed by atoms with Gasteiger partial charge in [-0.25, -0.2) is 4.68 Å². The van der Waals surface area contributed by atoms with E-state index in [2.05, 4.69) is 22.4 Å². The lowest BCUT2D eigenvalue weighted by molar-refractivity contribution is 0.433. The number of nitrogens with two attached hydrogens (primary N) is 1. The Morgan fingerprint density at radius 1 is 1.37 bits per heavy atom. The van der Waals surface area contributed by atoms with Gasteiger partial charge in [0.15, 0.2) is 5.82 Å². The van der Waals surface area contributed by atoms with Crippen LogP contribution >= 0.6 is 23.2 Å². The highest BCUT2D eigenvalue weighted by atomic mass is 35.5. The molecule has 1 unspecified atom stereocenters. The van der Waals surface area contributed by atoms with Gasteiger partial charge in [0.05, 0.1) is 21.8 Å². The molecule has 0 aliphatic heterocycles. The van der Waals surface area contributed by atoms with E-state index in [1.165, 1.54) is 12.8 Å². The molecule has 0 amide bonds. The van der Waals surface area contributed by atoms with E-state index in [-0.39, 0.29) is 6.04 Å². The van der Waals surface area contributed by atoms with Crippen LogP contribution in [0.3, 0.4) is 0 Å². The Morgan fingerprint density at radius 3 is 2.74 bits per heavy atom. The van der Waals surface area contributed by atoms with E-state index in [0.29, 0.717) is 27.5 Å². The molecule has 5 nitrogen and oxygen atoms in total. The Balaban J connectivity index is 2.05. The van der Waals surface area contributed by atoms with Gasteiger partial charge >= 0.3 is 0 Å². The lowest BCUT2D eigenvalue weighted by Gasteiger charge is -2.13. The van der Waals surface area contributed by atoms with Crippen LogP contribution in [-0.2, 0) is 0 Å². The second-order valence-corrected chi connectivity index (χ2v) is 5.67. The average Bonchev–Trinajstić information content (AvgIpc) is 3.11. The maximum absolute atomic E-state index is 6.05. The largest absolute Gasteiger partial charge is 0.397 e. The highest BCUT2D eigenvalue weighted by Crippen LogP contribution is 2.41. The molecule has 2 aromatic rings. The lowest BCUT2D eigenvalue weighted by Crippen LogP contribution is -2.11. The standard InChI is InChI=1S/C12H13Cl2N5/c1-6(7-2-3-7)19-12(16-17-18-19)8-4-9(13)11(14)10(15)5-8/h4-7H,2-3,15H2,1H3. The third-order valence-electron chi connectivity index (χ3n) is 3.50. The van der Waals surface area contributed by atoms with E-state index >= 15 is 0 Å². The zero-order chi connectivity index (χ0) is 13.6. The Labute approximate surface area is 120 Å². The Kier molecular flexibility index (Phi) is 3.11. The highest BCUT2D eigenvalue weighted by Gasteiger charge is 2.31. The summed E-state index contributed by atoms with van der Waals surface area (Å²) in [6.45, 7) is 2.12. The van der Waals surface area contributed by atoms with Crippen molar-refractivity contribution >= 4 is 28.9 Å². The molecule has 3 rings (SSSR count). The molecule has 19 heavy (non-hydrogen) atoms. The smallest absolute Gasteiger partial charge is 0.182 e. The van der Waals surface area contributed by atoms with Crippen LogP contribution in [0.1, 0.15) is 25.8 Å². The van der Waals surface area contributed by atoms with Gasteiger partial charge in [-0.2, -0.15) is 0 Å². The number of hydrogen-bond donors (Lipinski definition) is 1. The molecule has 100 valence electrons. The number of tetrazole rings is 1. The first kappa shape index (κ1) is 12.7. The topological polar surface area (TPSA) is 69.6 Å². The number of nitrogen functional groups attached to an aromatic ring is 1. The van der Waals surface area contributed by atoms with Crippen molar-refractivity contribution in [3.8, 4) is 11.4 Å². The van der Waals surface area contributed by atoms with Gasteiger partial charge in [0.25, 0.3) is 0 Å². The van der Waals surface area contributed by atoms with Crippen LogP contribution in [0.5, 0.6) is 0 Å². The fraction of sp³-hybridized carbons (Fsp3) is 0.417. The predicted octanol–water partition coefficient (Wildman–Crippen LogP) is 3.20. The minimum atomic E-state index is 0.278. The quantitative estimate of drug-likeness (QED) is 0.883. The second-order valence-electron chi connectivity index (χ2n) is 4.89. The SMILES string of the molecule is CC(C1CC1)n1nnnc1-c1cc(N)c(Cl)c(Cl)c1. The molecule has 1 heterocycles. The summed E-state index contributed by atoms with van der Waals surface area (Å²) < 4.78 is 1.83. The van der Waals surface area contributed by atoms with Crippen molar-refractivity contribution in [1.29, 1.82) is 0 Å². The number of anilines is 1.